The summed E-state index contributed by atoms with van der Waals surface area (Å²) in [5, 5.41) is 3.34. The van der Waals surface area contributed by atoms with Gasteiger partial charge in [-0.05, 0) is 35.4 Å². The first-order chi connectivity index (χ1) is 10.1. The molecule has 0 bridgehead atoms. The highest BCUT2D eigenvalue weighted by Crippen LogP contribution is 2.17. The van der Waals surface area contributed by atoms with Crippen LogP contribution in [0.5, 0.6) is 5.75 Å². The third-order valence-corrected chi connectivity index (χ3v) is 3.19. The molecule has 0 spiro atoms. The molecule has 21 heavy (non-hydrogen) atoms. The first kappa shape index (κ1) is 15.3. The van der Waals surface area contributed by atoms with Crippen molar-refractivity contribution in [1.29, 1.82) is 0 Å². The Morgan fingerprint density at radius 2 is 2.05 bits per heavy atom. The van der Waals surface area contributed by atoms with Crippen molar-refractivity contribution >= 4 is 17.5 Å². The van der Waals surface area contributed by atoms with Crippen molar-refractivity contribution < 1.29 is 13.9 Å². The number of halogens is 2. The molecular formula is C16H15ClFNO2. The van der Waals surface area contributed by atoms with Crippen LogP contribution in [0.15, 0.2) is 42.5 Å². The van der Waals surface area contributed by atoms with E-state index < -0.39 is 5.82 Å². The summed E-state index contributed by atoms with van der Waals surface area (Å²) in [5.41, 5.74) is 1.51. The van der Waals surface area contributed by atoms with E-state index in [-0.39, 0.29) is 24.6 Å². The smallest absolute Gasteiger partial charge is 0.224 e. The molecule has 0 aromatic heterocycles. The monoisotopic (exact) mass is 307 g/mol. The Morgan fingerprint density at radius 3 is 2.71 bits per heavy atom. The van der Waals surface area contributed by atoms with Gasteiger partial charge < -0.3 is 10.1 Å². The molecule has 0 aliphatic rings. The zero-order valence-electron chi connectivity index (χ0n) is 11.5. The first-order valence-electron chi connectivity index (χ1n) is 6.42. The summed E-state index contributed by atoms with van der Waals surface area (Å²) in [7, 11) is 1.41. The standard InChI is InChI=1S/C16H15ClFNO2/c1-21-15-6-5-12(8-14(15)18)10-19-16(20)9-11-3-2-4-13(17)7-11/h2-8H,9-10H2,1H3,(H,19,20). The fraction of sp³-hybridized carbons (Fsp3) is 0.188. The molecule has 2 rings (SSSR count). The molecule has 0 aliphatic heterocycles. The van der Waals surface area contributed by atoms with E-state index in [1.54, 1.807) is 24.3 Å². The predicted octanol–water partition coefficient (Wildman–Crippen LogP) is 3.35. The minimum Gasteiger partial charge on any atom is -0.494 e. The number of hydrogen-bond acceptors (Lipinski definition) is 2. The van der Waals surface area contributed by atoms with Gasteiger partial charge in [0.15, 0.2) is 11.6 Å². The average Bonchev–Trinajstić information content (AvgIpc) is 2.45. The van der Waals surface area contributed by atoms with Crippen LogP contribution < -0.4 is 10.1 Å². The third-order valence-electron chi connectivity index (χ3n) is 2.96. The lowest BCUT2D eigenvalue weighted by Crippen LogP contribution is -2.24. The molecule has 0 heterocycles. The number of methoxy groups -OCH3 is 1. The van der Waals surface area contributed by atoms with Crippen molar-refractivity contribution in [3.05, 3.63) is 64.4 Å². The SMILES string of the molecule is COc1ccc(CNC(=O)Cc2cccc(Cl)c2)cc1F. The maximum Gasteiger partial charge on any atom is 0.224 e. The van der Waals surface area contributed by atoms with Crippen LogP contribution in [-0.4, -0.2) is 13.0 Å². The van der Waals surface area contributed by atoms with Crippen LogP contribution in [-0.2, 0) is 17.8 Å². The molecule has 2 aromatic rings. The van der Waals surface area contributed by atoms with Gasteiger partial charge >= 0.3 is 0 Å². The van der Waals surface area contributed by atoms with Crippen LogP contribution in [0.3, 0.4) is 0 Å². The number of carbonyl (C=O) groups excluding carboxylic acids is 1. The summed E-state index contributed by atoms with van der Waals surface area (Å²) < 4.78 is 18.4. The van der Waals surface area contributed by atoms with Gasteiger partial charge in [0.05, 0.1) is 13.5 Å². The molecule has 2 aromatic carbocycles. The van der Waals surface area contributed by atoms with Crippen molar-refractivity contribution in [2.75, 3.05) is 7.11 Å². The lowest BCUT2D eigenvalue weighted by Gasteiger charge is -2.07. The van der Waals surface area contributed by atoms with E-state index in [1.165, 1.54) is 19.2 Å². The van der Waals surface area contributed by atoms with Crippen molar-refractivity contribution in [2.24, 2.45) is 0 Å². The highest BCUT2D eigenvalue weighted by molar-refractivity contribution is 6.30. The number of nitrogens with one attached hydrogen (secondary N) is 1. The van der Waals surface area contributed by atoms with Crippen molar-refractivity contribution in [1.82, 2.24) is 5.32 Å². The Kier molecular flexibility index (Phi) is 5.17. The van der Waals surface area contributed by atoms with Crippen LogP contribution in [0.2, 0.25) is 5.02 Å². The zero-order valence-corrected chi connectivity index (χ0v) is 12.3. The molecule has 1 N–H and O–H groups in total. The average molecular weight is 308 g/mol. The predicted molar refractivity (Wildman–Crippen MR) is 80.0 cm³/mol. The lowest BCUT2D eigenvalue weighted by molar-refractivity contribution is -0.120. The quantitative estimate of drug-likeness (QED) is 0.920. The summed E-state index contributed by atoms with van der Waals surface area (Å²) in [5.74, 6) is -0.406. The minimum absolute atomic E-state index is 0.145. The highest BCUT2D eigenvalue weighted by Gasteiger charge is 2.06. The molecule has 0 fully saturated rings. The summed E-state index contributed by atoms with van der Waals surface area (Å²) in [6.07, 6.45) is 0.235. The summed E-state index contributed by atoms with van der Waals surface area (Å²) >= 11 is 5.86. The largest absolute Gasteiger partial charge is 0.494 e. The zero-order chi connectivity index (χ0) is 15.2. The number of benzene rings is 2. The fourth-order valence-corrected chi connectivity index (χ4v) is 2.13. The number of amides is 1. The van der Waals surface area contributed by atoms with E-state index in [1.807, 2.05) is 6.07 Å². The third kappa shape index (κ3) is 4.46. The second-order valence-corrected chi connectivity index (χ2v) is 4.99. The normalized spacial score (nSPS) is 10.2. The fourth-order valence-electron chi connectivity index (χ4n) is 1.92. The summed E-state index contributed by atoms with van der Waals surface area (Å²) in [6.45, 7) is 0.264. The molecule has 3 nitrogen and oxygen atoms in total. The van der Waals surface area contributed by atoms with E-state index in [2.05, 4.69) is 5.32 Å². The summed E-state index contributed by atoms with van der Waals surface area (Å²) in [4.78, 5) is 11.8. The van der Waals surface area contributed by atoms with E-state index in [9.17, 15) is 9.18 Å². The topological polar surface area (TPSA) is 38.3 Å². The highest BCUT2D eigenvalue weighted by atomic mass is 35.5. The second kappa shape index (κ2) is 7.09. The van der Waals surface area contributed by atoms with E-state index in [4.69, 9.17) is 16.3 Å². The van der Waals surface area contributed by atoms with Gasteiger partial charge in [-0.2, -0.15) is 0 Å². The Morgan fingerprint density at radius 1 is 1.24 bits per heavy atom. The van der Waals surface area contributed by atoms with Gasteiger partial charge in [-0.25, -0.2) is 4.39 Å². The molecule has 0 radical (unpaired) electrons. The molecule has 0 aliphatic carbocycles. The lowest BCUT2D eigenvalue weighted by atomic mass is 10.1. The van der Waals surface area contributed by atoms with Gasteiger partial charge in [0.1, 0.15) is 0 Å². The number of ether oxygens (including phenoxy) is 1. The summed E-state index contributed by atoms with van der Waals surface area (Å²) in [6, 6.07) is 11.7. The van der Waals surface area contributed by atoms with Crippen molar-refractivity contribution in [2.45, 2.75) is 13.0 Å². The van der Waals surface area contributed by atoms with Gasteiger partial charge in [-0.1, -0.05) is 29.8 Å². The number of carbonyl (C=O) groups is 1. The van der Waals surface area contributed by atoms with Gasteiger partial charge in [-0.15, -0.1) is 0 Å². The maximum absolute atomic E-state index is 13.5. The molecule has 0 saturated carbocycles. The van der Waals surface area contributed by atoms with E-state index in [0.717, 1.165) is 5.56 Å². The van der Waals surface area contributed by atoms with Gasteiger partial charge in [0.2, 0.25) is 5.91 Å². The van der Waals surface area contributed by atoms with Gasteiger partial charge in [-0.3, -0.25) is 4.79 Å². The first-order valence-corrected chi connectivity index (χ1v) is 6.80. The van der Waals surface area contributed by atoms with Crippen molar-refractivity contribution in [3.63, 3.8) is 0 Å². The molecule has 1 amide bonds. The molecular weight excluding hydrogens is 293 g/mol. The Hall–Kier alpha value is -2.07. The van der Waals surface area contributed by atoms with Crippen LogP contribution in [0.25, 0.3) is 0 Å². The van der Waals surface area contributed by atoms with Crippen molar-refractivity contribution in [3.8, 4) is 5.75 Å². The van der Waals surface area contributed by atoms with Gasteiger partial charge in [0.25, 0.3) is 0 Å². The second-order valence-electron chi connectivity index (χ2n) is 4.55. The van der Waals surface area contributed by atoms with Crippen LogP contribution in [0.1, 0.15) is 11.1 Å². The molecule has 5 heteroatoms. The number of rotatable bonds is 5. The van der Waals surface area contributed by atoms with Crippen LogP contribution >= 0.6 is 11.6 Å². The Labute approximate surface area is 127 Å². The van der Waals surface area contributed by atoms with Crippen LogP contribution in [0.4, 0.5) is 4.39 Å². The molecule has 110 valence electrons. The minimum atomic E-state index is -0.445. The van der Waals surface area contributed by atoms with Crippen LogP contribution in [0, 0.1) is 5.82 Å². The maximum atomic E-state index is 13.5. The van der Waals surface area contributed by atoms with E-state index >= 15 is 0 Å². The molecule has 0 atom stereocenters. The van der Waals surface area contributed by atoms with E-state index in [0.29, 0.717) is 10.6 Å². The Balaban J connectivity index is 1.90. The molecule has 0 saturated heterocycles. The molecule has 0 unspecified atom stereocenters. The Bertz CT molecular complexity index is 646. The van der Waals surface area contributed by atoms with Gasteiger partial charge in [0, 0.05) is 11.6 Å². The number of hydrogen-bond donors (Lipinski definition) is 1.